The fraction of sp³-hybridized carbons (Fsp3) is 0.290. The summed E-state index contributed by atoms with van der Waals surface area (Å²) in [7, 11) is 0. The maximum absolute atomic E-state index is 12.6. The van der Waals surface area contributed by atoms with E-state index in [1.54, 1.807) is 0 Å². The standard InChI is InChI=1S/C31H34N2O2/c1-31(2,3)27-18-16-24(17-19-27)28(34)15-10-21-33-22-20-29(32-23-33)35-30(25-11-6-4-7-12-25)26-13-8-5-9-14-26/h4-9,11-14,16-20,22,30H,10,15,21,23H2,1-3H3. The predicted molar refractivity (Wildman–Crippen MR) is 143 cm³/mol. The zero-order valence-electron chi connectivity index (χ0n) is 20.9. The van der Waals surface area contributed by atoms with E-state index in [9.17, 15) is 4.79 Å². The van der Waals surface area contributed by atoms with Crippen LogP contribution in [-0.4, -0.2) is 29.8 Å². The van der Waals surface area contributed by atoms with E-state index in [2.05, 4.69) is 67.1 Å². The Bertz CT molecular complexity index is 1120. The van der Waals surface area contributed by atoms with E-state index in [4.69, 9.17) is 4.74 Å². The Kier molecular flexibility index (Phi) is 7.81. The molecule has 1 aliphatic rings. The summed E-state index contributed by atoms with van der Waals surface area (Å²) in [4.78, 5) is 19.4. The van der Waals surface area contributed by atoms with E-state index in [0.29, 0.717) is 19.0 Å². The van der Waals surface area contributed by atoms with Crippen LogP contribution in [0.25, 0.3) is 0 Å². The molecule has 180 valence electrons. The van der Waals surface area contributed by atoms with Crippen LogP contribution in [0.5, 0.6) is 0 Å². The molecule has 0 unspecified atom stereocenters. The Hall–Kier alpha value is -3.66. The van der Waals surface area contributed by atoms with Crippen molar-refractivity contribution in [3.63, 3.8) is 0 Å². The van der Waals surface area contributed by atoms with Gasteiger partial charge in [0, 0.05) is 30.8 Å². The van der Waals surface area contributed by atoms with E-state index in [-0.39, 0.29) is 17.3 Å². The van der Waals surface area contributed by atoms with Crippen LogP contribution in [0.4, 0.5) is 0 Å². The molecule has 0 saturated carbocycles. The van der Waals surface area contributed by atoms with Gasteiger partial charge in [0.25, 0.3) is 0 Å². The molecule has 4 rings (SSSR count). The van der Waals surface area contributed by atoms with Crippen molar-refractivity contribution in [1.82, 2.24) is 4.90 Å². The SMILES string of the molecule is CC(C)(C)c1ccc(C(=O)CCCN2C=CC(OC(c3ccccc3)c3ccccc3)=NC2)cc1. The van der Waals surface area contributed by atoms with Crippen molar-refractivity contribution in [2.45, 2.75) is 45.1 Å². The Balaban J connectivity index is 1.29. The fourth-order valence-electron chi connectivity index (χ4n) is 4.10. The molecular formula is C31H34N2O2. The molecule has 0 aromatic heterocycles. The second-order valence-electron chi connectivity index (χ2n) is 9.94. The molecule has 0 radical (unpaired) electrons. The molecular weight excluding hydrogens is 432 g/mol. The third-order valence-electron chi connectivity index (χ3n) is 6.20. The van der Waals surface area contributed by atoms with Crippen LogP contribution in [0.1, 0.15) is 66.8 Å². The second kappa shape index (κ2) is 11.2. The summed E-state index contributed by atoms with van der Waals surface area (Å²) >= 11 is 0. The van der Waals surface area contributed by atoms with Gasteiger partial charge in [-0.2, -0.15) is 0 Å². The minimum atomic E-state index is -0.213. The van der Waals surface area contributed by atoms with Gasteiger partial charge >= 0.3 is 0 Å². The lowest BCUT2D eigenvalue weighted by molar-refractivity contribution is 0.0977. The van der Waals surface area contributed by atoms with Crippen LogP contribution in [0.15, 0.2) is 102 Å². The molecule has 0 atom stereocenters. The number of carbonyl (C=O) groups is 1. The number of ketones is 1. The number of Topliss-reactive ketones (excluding diaryl/α,β-unsaturated/α-hetero) is 1. The summed E-state index contributed by atoms with van der Waals surface area (Å²) in [5.74, 6) is 0.807. The molecule has 1 heterocycles. The summed E-state index contributed by atoms with van der Waals surface area (Å²) in [6, 6.07) is 28.4. The van der Waals surface area contributed by atoms with Crippen LogP contribution in [-0.2, 0) is 10.2 Å². The highest BCUT2D eigenvalue weighted by Gasteiger charge is 2.19. The van der Waals surface area contributed by atoms with E-state index in [1.807, 2.05) is 60.8 Å². The highest BCUT2D eigenvalue weighted by atomic mass is 16.5. The molecule has 0 amide bonds. The number of carbonyl (C=O) groups excluding carboxylic acids is 1. The maximum Gasteiger partial charge on any atom is 0.212 e. The van der Waals surface area contributed by atoms with Gasteiger partial charge in [-0.25, -0.2) is 4.99 Å². The van der Waals surface area contributed by atoms with Gasteiger partial charge in [0.15, 0.2) is 11.9 Å². The molecule has 0 spiro atoms. The molecule has 0 N–H and O–H groups in total. The number of aliphatic imine (C=N–C) groups is 1. The summed E-state index contributed by atoms with van der Waals surface area (Å²) < 4.78 is 6.33. The van der Waals surface area contributed by atoms with E-state index >= 15 is 0 Å². The average Bonchev–Trinajstić information content (AvgIpc) is 2.88. The quantitative estimate of drug-likeness (QED) is 0.338. The largest absolute Gasteiger partial charge is 0.465 e. The highest BCUT2D eigenvalue weighted by molar-refractivity contribution is 5.96. The van der Waals surface area contributed by atoms with Gasteiger partial charge in [-0.15, -0.1) is 0 Å². The first-order valence-electron chi connectivity index (χ1n) is 12.3. The van der Waals surface area contributed by atoms with Gasteiger partial charge in [0.1, 0.15) is 6.67 Å². The maximum atomic E-state index is 12.6. The van der Waals surface area contributed by atoms with Gasteiger partial charge < -0.3 is 9.64 Å². The zero-order valence-corrected chi connectivity index (χ0v) is 20.9. The molecule has 0 bridgehead atoms. The van der Waals surface area contributed by atoms with Crippen molar-refractivity contribution in [3.05, 3.63) is 119 Å². The first kappa shape index (κ1) is 24.5. The number of hydrogen-bond donors (Lipinski definition) is 0. The molecule has 0 saturated heterocycles. The lowest BCUT2D eigenvalue weighted by atomic mass is 9.86. The number of hydrogen-bond acceptors (Lipinski definition) is 4. The molecule has 4 nitrogen and oxygen atoms in total. The van der Waals surface area contributed by atoms with E-state index < -0.39 is 0 Å². The Morgan fingerprint density at radius 2 is 1.51 bits per heavy atom. The summed E-state index contributed by atoms with van der Waals surface area (Å²) in [5, 5.41) is 0. The monoisotopic (exact) mass is 466 g/mol. The molecule has 3 aromatic rings. The molecule has 0 aliphatic carbocycles. The second-order valence-corrected chi connectivity index (χ2v) is 9.94. The lowest BCUT2D eigenvalue weighted by Crippen LogP contribution is -2.25. The highest BCUT2D eigenvalue weighted by Crippen LogP contribution is 2.27. The van der Waals surface area contributed by atoms with Crippen molar-refractivity contribution in [2.75, 3.05) is 13.2 Å². The van der Waals surface area contributed by atoms with Crippen molar-refractivity contribution in [3.8, 4) is 0 Å². The minimum absolute atomic E-state index is 0.0907. The topological polar surface area (TPSA) is 41.9 Å². The lowest BCUT2D eigenvalue weighted by Gasteiger charge is -2.25. The summed E-state index contributed by atoms with van der Waals surface area (Å²) in [6.07, 6.45) is 5.02. The first-order chi connectivity index (χ1) is 16.9. The third-order valence-corrected chi connectivity index (χ3v) is 6.20. The number of ether oxygens (including phenoxy) is 1. The van der Waals surface area contributed by atoms with Crippen LogP contribution in [0, 0.1) is 0 Å². The molecule has 0 fully saturated rings. The molecule has 35 heavy (non-hydrogen) atoms. The fourth-order valence-corrected chi connectivity index (χ4v) is 4.10. The zero-order chi connectivity index (χ0) is 24.7. The van der Waals surface area contributed by atoms with Crippen LogP contribution >= 0.6 is 0 Å². The molecule has 1 aliphatic heterocycles. The first-order valence-corrected chi connectivity index (χ1v) is 12.3. The van der Waals surface area contributed by atoms with Gasteiger partial charge in [0.05, 0.1) is 0 Å². The number of rotatable bonds is 8. The van der Waals surface area contributed by atoms with Gasteiger partial charge in [-0.3, -0.25) is 4.79 Å². The van der Waals surface area contributed by atoms with Crippen molar-refractivity contribution in [2.24, 2.45) is 4.99 Å². The Morgan fingerprint density at radius 3 is 2.03 bits per heavy atom. The summed E-state index contributed by atoms with van der Waals surface area (Å²) in [5.41, 5.74) is 4.30. The van der Waals surface area contributed by atoms with Gasteiger partial charge in [-0.1, -0.05) is 106 Å². The number of nitrogens with zero attached hydrogens (tertiary/aromatic N) is 2. The average molecular weight is 467 g/mol. The molecule has 4 heteroatoms. The smallest absolute Gasteiger partial charge is 0.212 e. The van der Waals surface area contributed by atoms with Crippen LogP contribution < -0.4 is 0 Å². The molecule has 3 aromatic carbocycles. The predicted octanol–water partition coefficient (Wildman–Crippen LogP) is 6.94. The normalized spacial score (nSPS) is 13.6. The van der Waals surface area contributed by atoms with E-state index in [0.717, 1.165) is 29.7 Å². The third kappa shape index (κ3) is 6.69. The van der Waals surface area contributed by atoms with Crippen molar-refractivity contribution >= 4 is 11.7 Å². The van der Waals surface area contributed by atoms with Crippen LogP contribution in [0.2, 0.25) is 0 Å². The summed E-state index contributed by atoms with van der Waals surface area (Å²) in [6.45, 7) is 7.84. The van der Waals surface area contributed by atoms with Crippen molar-refractivity contribution in [1.29, 1.82) is 0 Å². The van der Waals surface area contributed by atoms with Gasteiger partial charge in [0.2, 0.25) is 5.90 Å². The number of benzene rings is 3. The Labute approximate surface area is 209 Å². The van der Waals surface area contributed by atoms with Gasteiger partial charge in [-0.05, 0) is 28.5 Å². The Morgan fingerprint density at radius 1 is 0.914 bits per heavy atom. The van der Waals surface area contributed by atoms with Crippen molar-refractivity contribution < 1.29 is 9.53 Å². The minimum Gasteiger partial charge on any atom is -0.465 e. The van der Waals surface area contributed by atoms with E-state index in [1.165, 1.54) is 5.56 Å². The van der Waals surface area contributed by atoms with Crippen LogP contribution in [0.3, 0.4) is 0 Å².